The van der Waals surface area contributed by atoms with Crippen molar-refractivity contribution in [1.82, 2.24) is 34.7 Å². The molecule has 36 heavy (non-hydrogen) atoms. The number of aliphatic hydroxyl groups excluding tert-OH is 1. The molecular weight excluding hydrogens is 530 g/mol. The number of rotatable bonds is 6. The van der Waals surface area contributed by atoms with E-state index in [2.05, 4.69) is 37.4 Å². The zero-order chi connectivity index (χ0) is 27.1. The van der Waals surface area contributed by atoms with E-state index in [0.717, 1.165) is 34.2 Å². The van der Waals surface area contributed by atoms with Gasteiger partial charge >= 0.3 is 17.1 Å². The van der Waals surface area contributed by atoms with Gasteiger partial charge in [0.2, 0.25) is 0 Å². The molecule has 3 heterocycles. The van der Waals surface area contributed by atoms with Gasteiger partial charge in [0.05, 0.1) is 47.2 Å². The molecule has 0 atom stereocenters. The van der Waals surface area contributed by atoms with E-state index in [1.165, 1.54) is 0 Å². The molecule has 1 radical (unpaired) electrons. The van der Waals surface area contributed by atoms with Gasteiger partial charge in [-0.3, -0.25) is 19.4 Å². The second-order valence-electron chi connectivity index (χ2n) is 7.39. The van der Waals surface area contributed by atoms with Gasteiger partial charge in [0.1, 0.15) is 0 Å². The van der Waals surface area contributed by atoms with E-state index in [-0.39, 0.29) is 23.7 Å². The number of nitrogens with one attached hydrogen (secondary N) is 1. The third-order valence-electron chi connectivity index (χ3n) is 4.12. The molecule has 3 aromatic rings. The van der Waals surface area contributed by atoms with E-state index < -0.39 is 10.2 Å². The van der Waals surface area contributed by atoms with Gasteiger partial charge in [0.15, 0.2) is 0 Å². The Morgan fingerprint density at radius 2 is 1.22 bits per heavy atom. The summed E-state index contributed by atoms with van der Waals surface area (Å²) in [5, 5.41) is 54.4. The number of hydrogen-bond donors (Lipinski definition) is 2. The fraction of sp³-hybridized carbons (Fsp3) is 0.526. The van der Waals surface area contributed by atoms with Gasteiger partial charge in [-0.1, -0.05) is 0 Å². The fourth-order valence-electron chi connectivity index (χ4n) is 2.90. The molecule has 0 saturated heterocycles. The monoisotopic (exact) mass is 560 g/mol. The van der Waals surface area contributed by atoms with E-state index in [0.29, 0.717) is 19.9 Å². The van der Waals surface area contributed by atoms with E-state index in [1.54, 1.807) is 0 Å². The predicted molar refractivity (Wildman–Crippen MR) is 126 cm³/mol. The molecular formula is C19H31CuN9O7. The minimum atomic E-state index is -1.75. The molecule has 0 aliphatic carbocycles. The molecule has 0 unspecified atom stereocenters. The van der Waals surface area contributed by atoms with E-state index in [9.17, 15) is 5.11 Å². The minimum absolute atomic E-state index is 0. The van der Waals surface area contributed by atoms with Crippen LogP contribution in [0.2, 0.25) is 0 Å². The van der Waals surface area contributed by atoms with Crippen LogP contribution in [-0.2, 0) is 30.4 Å². The number of hydrogen-bond acceptors (Lipinski definition) is 11. The normalized spacial score (nSPS) is 9.56. The predicted octanol–water partition coefficient (Wildman–Crippen LogP) is 1.77. The van der Waals surface area contributed by atoms with Crippen LogP contribution in [0.4, 0.5) is 0 Å². The summed E-state index contributed by atoms with van der Waals surface area (Å²) in [6.07, 6.45) is 0. The number of aromatic nitrogens is 6. The van der Waals surface area contributed by atoms with Crippen LogP contribution in [0.1, 0.15) is 34.2 Å². The Morgan fingerprint density at radius 3 is 1.42 bits per heavy atom. The summed E-state index contributed by atoms with van der Waals surface area (Å²) in [6, 6.07) is 6.11. The summed E-state index contributed by atoms with van der Waals surface area (Å²) < 4.78 is 3.91. The number of aryl methyl sites for hydroxylation is 6. The molecule has 0 amide bonds. The third-order valence-corrected chi connectivity index (χ3v) is 4.12. The second-order valence-corrected chi connectivity index (χ2v) is 7.39. The van der Waals surface area contributed by atoms with Gasteiger partial charge in [-0.15, -0.1) is 0 Å². The maximum Gasteiger partial charge on any atom is 2.00 e. The van der Waals surface area contributed by atoms with E-state index in [1.807, 2.05) is 57.0 Å². The first kappa shape index (κ1) is 34.6. The van der Waals surface area contributed by atoms with E-state index >= 15 is 0 Å². The summed E-state index contributed by atoms with van der Waals surface area (Å²) >= 11 is 0. The van der Waals surface area contributed by atoms with Crippen molar-refractivity contribution in [2.24, 2.45) is 0 Å². The molecule has 0 bridgehead atoms. The maximum absolute atomic E-state index is 9.24. The topological polar surface area (TPSA) is 220 Å². The molecule has 3 aromatic heterocycles. The molecule has 0 spiro atoms. The Bertz CT molecular complexity index is 967. The van der Waals surface area contributed by atoms with Crippen molar-refractivity contribution in [3.05, 3.63) is 83.0 Å². The maximum atomic E-state index is 9.24. The zero-order valence-electron chi connectivity index (χ0n) is 20.8. The molecule has 0 aromatic carbocycles. The average Bonchev–Trinajstić information content (AvgIpc) is 3.33. The molecule has 17 heteroatoms. The van der Waals surface area contributed by atoms with Crippen molar-refractivity contribution in [1.29, 1.82) is 0 Å². The van der Waals surface area contributed by atoms with Crippen LogP contribution in [0.5, 0.6) is 0 Å². The molecule has 16 nitrogen and oxygen atoms in total. The Labute approximate surface area is 218 Å². The molecule has 2 N–H and O–H groups in total. The Hall–Kier alpha value is -3.53. The first-order valence-electron chi connectivity index (χ1n) is 10.2. The van der Waals surface area contributed by atoms with Gasteiger partial charge in [-0.05, 0) is 59.7 Å². The first-order valence-corrected chi connectivity index (χ1v) is 10.2. The van der Waals surface area contributed by atoms with Crippen LogP contribution in [0.3, 0.4) is 0 Å². The average molecular weight is 561 g/mol. The number of nitrogens with zero attached hydrogens (tertiary/aromatic N) is 8. The second kappa shape index (κ2) is 17.8. The smallest absolute Gasteiger partial charge is 0.395 e. The first-order chi connectivity index (χ1) is 16.2. The van der Waals surface area contributed by atoms with E-state index in [4.69, 9.17) is 30.6 Å². The Kier molecular flexibility index (Phi) is 17.2. The molecule has 0 aliphatic rings. The van der Waals surface area contributed by atoms with Crippen molar-refractivity contribution in [3.8, 4) is 0 Å². The summed E-state index contributed by atoms with van der Waals surface area (Å²) in [6.45, 7) is 14.0. The van der Waals surface area contributed by atoms with Crippen molar-refractivity contribution in [3.63, 3.8) is 0 Å². The standard InChI is InChI=1S/C14H23N5O.C5H8N2.Cu.2NO3/c1-11-7-13(3)18(15-11)9-17(5-6-20)10-19-14(4)8-12(2)16-19;1-4-3-5(2)7-6-4;;2*2-1(3)4/h7-8,20H,5-6,9-10H2,1-4H3;3H,1-2H3,(H,6,7);;;/q;;+2;2*-1. The summed E-state index contributed by atoms with van der Waals surface area (Å²) in [4.78, 5) is 18.6. The molecule has 3 rings (SSSR count). The van der Waals surface area contributed by atoms with Gasteiger partial charge in [0.25, 0.3) is 0 Å². The van der Waals surface area contributed by atoms with Crippen LogP contribution in [0.25, 0.3) is 0 Å². The fourth-order valence-corrected chi connectivity index (χ4v) is 2.90. The van der Waals surface area contributed by atoms with Crippen LogP contribution in [0, 0.1) is 72.2 Å². The van der Waals surface area contributed by atoms with Crippen molar-refractivity contribution < 1.29 is 32.3 Å². The van der Waals surface area contributed by atoms with Crippen LogP contribution < -0.4 is 0 Å². The van der Waals surface area contributed by atoms with Crippen molar-refractivity contribution in [2.75, 3.05) is 13.2 Å². The van der Waals surface area contributed by atoms with Gasteiger partial charge in [-0.25, -0.2) is 0 Å². The van der Waals surface area contributed by atoms with Crippen molar-refractivity contribution >= 4 is 0 Å². The summed E-state index contributed by atoms with van der Waals surface area (Å²) in [7, 11) is 0. The summed E-state index contributed by atoms with van der Waals surface area (Å²) in [5.74, 6) is 0. The largest absolute Gasteiger partial charge is 2.00 e. The number of aliphatic hydroxyl groups is 1. The van der Waals surface area contributed by atoms with Gasteiger partial charge in [0, 0.05) is 23.6 Å². The van der Waals surface area contributed by atoms with Crippen LogP contribution in [-0.4, -0.2) is 63.1 Å². The number of aromatic amines is 1. The zero-order valence-corrected chi connectivity index (χ0v) is 21.8. The molecule has 0 fully saturated rings. The SMILES string of the molecule is Cc1cc(C)[nH]n1.Cc1cc(C)n(CN(CCO)Cn2nc(C)cc2C)n1.O=[N+]([O-])[O-].O=[N+]([O-])[O-].[Cu+2]. The van der Waals surface area contributed by atoms with Crippen molar-refractivity contribution in [2.45, 2.75) is 54.9 Å². The molecule has 0 saturated carbocycles. The van der Waals surface area contributed by atoms with Crippen LogP contribution in [0.15, 0.2) is 18.2 Å². The molecule has 0 aliphatic heterocycles. The molecule has 205 valence electrons. The number of H-pyrrole nitrogens is 1. The van der Waals surface area contributed by atoms with Crippen LogP contribution >= 0.6 is 0 Å². The minimum Gasteiger partial charge on any atom is -0.395 e. The Balaban J connectivity index is 0. The van der Waals surface area contributed by atoms with Gasteiger partial charge in [-0.2, -0.15) is 15.3 Å². The summed E-state index contributed by atoms with van der Waals surface area (Å²) in [5.41, 5.74) is 6.45. The Morgan fingerprint density at radius 1 is 0.833 bits per heavy atom. The van der Waals surface area contributed by atoms with Gasteiger partial charge < -0.3 is 35.7 Å². The quantitative estimate of drug-likeness (QED) is 0.251. The third kappa shape index (κ3) is 16.2.